The third-order valence-electron chi connectivity index (χ3n) is 3.85. The molecule has 0 saturated heterocycles. The molecular weight excluding hydrogens is 452 g/mol. The van der Waals surface area contributed by atoms with E-state index in [1.807, 2.05) is 13.0 Å². The zero-order chi connectivity index (χ0) is 21.1. The molecule has 28 heavy (non-hydrogen) atoms. The summed E-state index contributed by atoms with van der Waals surface area (Å²) in [5, 5.41) is 8.68. The average molecular weight is 473 g/mol. The van der Waals surface area contributed by atoms with Gasteiger partial charge in [-0.15, -0.1) is 0 Å². The van der Waals surface area contributed by atoms with E-state index in [-0.39, 0.29) is 22.9 Å². The van der Waals surface area contributed by atoms with Gasteiger partial charge in [-0.25, -0.2) is 8.42 Å². The lowest BCUT2D eigenvalue weighted by Crippen LogP contribution is -2.46. The molecule has 0 bridgehead atoms. The molecule has 1 atom stereocenters. The van der Waals surface area contributed by atoms with Gasteiger partial charge in [-0.1, -0.05) is 21.1 Å². The van der Waals surface area contributed by atoms with Crippen LogP contribution in [0.1, 0.15) is 23.9 Å². The molecule has 0 aliphatic rings. The number of rotatable bonds is 7. The van der Waals surface area contributed by atoms with Crippen LogP contribution in [-0.4, -0.2) is 38.0 Å². The maximum atomic E-state index is 12.4. The number of sulfonamides is 1. The van der Waals surface area contributed by atoms with E-state index in [0.29, 0.717) is 5.69 Å². The number of nitrogens with zero attached hydrogens (tertiary/aromatic N) is 1. The summed E-state index contributed by atoms with van der Waals surface area (Å²) >= 11 is 3.34. The lowest BCUT2D eigenvalue weighted by atomic mass is 10.2. The van der Waals surface area contributed by atoms with Crippen LogP contribution >= 0.6 is 15.9 Å². The summed E-state index contributed by atoms with van der Waals surface area (Å²) in [6, 6.07) is 4.27. The number of hydrogen-bond donors (Lipinski definition) is 3. The van der Waals surface area contributed by atoms with Gasteiger partial charge in [-0.3, -0.25) is 9.59 Å². The molecule has 2 amide bonds. The molecule has 2 aromatic rings. The van der Waals surface area contributed by atoms with Crippen LogP contribution < -0.4 is 15.4 Å². The summed E-state index contributed by atoms with van der Waals surface area (Å²) in [7, 11) is -3.99. The number of aromatic nitrogens is 1. The smallest absolute Gasteiger partial charge is 0.246 e. The molecular formula is C17H21BrN4O5S. The first-order chi connectivity index (χ1) is 13.0. The fraction of sp³-hybridized carbons (Fsp3) is 0.353. The summed E-state index contributed by atoms with van der Waals surface area (Å²) in [6.45, 7) is 5.87. The molecule has 0 aliphatic carbocycles. The molecule has 0 aliphatic heterocycles. The average Bonchev–Trinajstić information content (AvgIpc) is 2.94. The van der Waals surface area contributed by atoms with Gasteiger partial charge in [-0.2, -0.15) is 4.72 Å². The van der Waals surface area contributed by atoms with E-state index in [4.69, 9.17) is 4.52 Å². The topological polar surface area (TPSA) is 130 Å². The predicted molar refractivity (Wildman–Crippen MR) is 106 cm³/mol. The molecule has 0 saturated carbocycles. The number of anilines is 1. The monoisotopic (exact) mass is 472 g/mol. The van der Waals surface area contributed by atoms with E-state index in [2.05, 4.69) is 36.4 Å². The molecule has 1 aromatic carbocycles. The Morgan fingerprint density at radius 2 is 1.93 bits per heavy atom. The van der Waals surface area contributed by atoms with Gasteiger partial charge in [0, 0.05) is 10.2 Å². The van der Waals surface area contributed by atoms with Gasteiger partial charge in [0.05, 0.1) is 12.6 Å². The molecule has 3 N–H and O–H groups in total. The van der Waals surface area contributed by atoms with Crippen LogP contribution in [0.15, 0.2) is 32.1 Å². The van der Waals surface area contributed by atoms with Crippen molar-refractivity contribution in [1.82, 2.24) is 15.2 Å². The molecule has 1 aromatic heterocycles. The number of aryl methyl sites for hydroxylation is 3. The zero-order valence-corrected chi connectivity index (χ0v) is 18.2. The number of amides is 2. The first-order valence-corrected chi connectivity index (χ1v) is 10.6. The standard InChI is InChI=1S/C17H21BrN4O5S/c1-9-7-13(18)5-6-14(9)20-15(23)8-19-17(24)11(3)22-28(25,26)16-10(2)21-27-12(16)4/h5-7,11,22H,8H2,1-4H3,(H,19,24)(H,20,23)/t11-/m0/s1. The largest absolute Gasteiger partial charge is 0.360 e. The third-order valence-corrected chi connectivity index (χ3v) is 6.12. The van der Waals surface area contributed by atoms with Crippen molar-refractivity contribution >= 4 is 43.5 Å². The van der Waals surface area contributed by atoms with Gasteiger partial charge < -0.3 is 15.2 Å². The van der Waals surface area contributed by atoms with E-state index in [0.717, 1.165) is 10.0 Å². The molecule has 0 radical (unpaired) electrons. The normalized spacial score (nSPS) is 12.5. The van der Waals surface area contributed by atoms with E-state index >= 15 is 0 Å². The summed E-state index contributed by atoms with van der Waals surface area (Å²) < 4.78 is 32.8. The zero-order valence-electron chi connectivity index (χ0n) is 15.8. The van der Waals surface area contributed by atoms with Crippen LogP contribution in [-0.2, 0) is 19.6 Å². The predicted octanol–water partition coefficient (Wildman–Crippen LogP) is 1.78. The molecule has 152 valence electrons. The minimum atomic E-state index is -3.99. The maximum Gasteiger partial charge on any atom is 0.246 e. The van der Waals surface area contributed by atoms with Gasteiger partial charge >= 0.3 is 0 Å². The Bertz CT molecular complexity index is 983. The molecule has 1 heterocycles. The van der Waals surface area contributed by atoms with Crippen molar-refractivity contribution < 1.29 is 22.5 Å². The van der Waals surface area contributed by atoms with Crippen LogP contribution in [0.2, 0.25) is 0 Å². The number of carbonyl (C=O) groups is 2. The highest BCUT2D eigenvalue weighted by Gasteiger charge is 2.28. The summed E-state index contributed by atoms with van der Waals surface area (Å²) in [5.41, 5.74) is 1.67. The number of halogens is 1. The quantitative estimate of drug-likeness (QED) is 0.562. The van der Waals surface area contributed by atoms with Crippen molar-refractivity contribution in [2.45, 2.75) is 38.6 Å². The highest BCUT2D eigenvalue weighted by Crippen LogP contribution is 2.20. The summed E-state index contributed by atoms with van der Waals surface area (Å²) in [6.07, 6.45) is 0. The number of carbonyl (C=O) groups excluding carboxylic acids is 2. The fourth-order valence-electron chi connectivity index (χ4n) is 2.49. The SMILES string of the molecule is Cc1cc(Br)ccc1NC(=O)CNC(=O)[C@H](C)NS(=O)(=O)c1c(C)noc1C. The van der Waals surface area contributed by atoms with E-state index in [1.54, 1.807) is 12.1 Å². The lowest BCUT2D eigenvalue weighted by molar-refractivity contribution is -0.125. The third kappa shape index (κ3) is 5.40. The van der Waals surface area contributed by atoms with Gasteiger partial charge in [0.2, 0.25) is 21.8 Å². The highest BCUT2D eigenvalue weighted by molar-refractivity contribution is 9.10. The summed E-state index contributed by atoms with van der Waals surface area (Å²) in [4.78, 5) is 24.1. The second kappa shape index (κ2) is 8.84. The van der Waals surface area contributed by atoms with Crippen molar-refractivity contribution in [3.8, 4) is 0 Å². The van der Waals surface area contributed by atoms with Crippen LogP contribution in [0, 0.1) is 20.8 Å². The molecule has 0 spiro atoms. The van der Waals surface area contributed by atoms with E-state index in [1.165, 1.54) is 20.8 Å². The van der Waals surface area contributed by atoms with Crippen molar-refractivity contribution in [2.75, 3.05) is 11.9 Å². The minimum Gasteiger partial charge on any atom is -0.360 e. The Labute approximate surface area is 171 Å². The highest BCUT2D eigenvalue weighted by atomic mass is 79.9. The molecule has 9 nitrogen and oxygen atoms in total. The van der Waals surface area contributed by atoms with Gasteiger partial charge in [0.1, 0.15) is 10.6 Å². The Morgan fingerprint density at radius 3 is 2.50 bits per heavy atom. The number of nitrogens with one attached hydrogen (secondary N) is 3. The van der Waals surface area contributed by atoms with Crippen LogP contribution in [0.4, 0.5) is 5.69 Å². The van der Waals surface area contributed by atoms with Crippen LogP contribution in [0.25, 0.3) is 0 Å². The van der Waals surface area contributed by atoms with Crippen molar-refractivity contribution in [3.05, 3.63) is 39.7 Å². The van der Waals surface area contributed by atoms with Crippen LogP contribution in [0.5, 0.6) is 0 Å². The van der Waals surface area contributed by atoms with Crippen molar-refractivity contribution in [3.63, 3.8) is 0 Å². The second-order valence-electron chi connectivity index (χ2n) is 6.22. The minimum absolute atomic E-state index is 0.101. The molecule has 0 fully saturated rings. The Morgan fingerprint density at radius 1 is 1.25 bits per heavy atom. The number of benzene rings is 1. The maximum absolute atomic E-state index is 12.4. The molecule has 0 unspecified atom stereocenters. The van der Waals surface area contributed by atoms with Crippen molar-refractivity contribution in [1.29, 1.82) is 0 Å². The Balaban J connectivity index is 1.92. The summed E-state index contributed by atoms with van der Waals surface area (Å²) in [5.74, 6) is -0.945. The first kappa shape index (κ1) is 22.1. The van der Waals surface area contributed by atoms with Gasteiger partial charge in [0.25, 0.3) is 0 Å². The molecule has 11 heteroatoms. The Kier molecular flexibility index (Phi) is 6.96. The van der Waals surface area contributed by atoms with Crippen LogP contribution in [0.3, 0.4) is 0 Å². The fourth-order valence-corrected chi connectivity index (χ4v) is 4.49. The first-order valence-electron chi connectivity index (χ1n) is 8.30. The van der Waals surface area contributed by atoms with Gasteiger partial charge in [0.15, 0.2) is 5.76 Å². The van der Waals surface area contributed by atoms with E-state index in [9.17, 15) is 18.0 Å². The van der Waals surface area contributed by atoms with E-state index < -0.39 is 27.9 Å². The molecule has 2 rings (SSSR count). The second-order valence-corrected chi connectivity index (χ2v) is 8.79. The van der Waals surface area contributed by atoms with Crippen molar-refractivity contribution in [2.24, 2.45) is 0 Å². The Hall–Kier alpha value is -2.24. The number of hydrogen-bond acceptors (Lipinski definition) is 6. The lowest BCUT2D eigenvalue weighted by Gasteiger charge is -2.14. The van der Waals surface area contributed by atoms with Gasteiger partial charge in [-0.05, 0) is 51.5 Å².